The third-order valence-corrected chi connectivity index (χ3v) is 6.01. The number of hydrogen-bond acceptors (Lipinski definition) is 3. The minimum atomic E-state index is -0.358. The molecule has 2 N–H and O–H groups in total. The first-order valence-corrected chi connectivity index (χ1v) is 10.0. The van der Waals surface area contributed by atoms with Crippen LogP contribution in [0.3, 0.4) is 0 Å². The van der Waals surface area contributed by atoms with Crippen LogP contribution < -0.4 is 17.0 Å². The molecular weight excluding hydrogens is 388 g/mol. The Bertz CT molecular complexity index is 1610. The van der Waals surface area contributed by atoms with Crippen molar-refractivity contribution in [3.8, 4) is 16.9 Å². The Hall–Kier alpha value is -4.06. The van der Waals surface area contributed by atoms with Crippen LogP contribution in [0.4, 0.5) is 5.69 Å². The van der Waals surface area contributed by atoms with Gasteiger partial charge in [0, 0.05) is 36.9 Å². The van der Waals surface area contributed by atoms with Gasteiger partial charge in [-0.15, -0.1) is 0 Å². The lowest BCUT2D eigenvalue weighted by Crippen LogP contribution is -2.36. The molecule has 5 aromatic rings. The zero-order valence-electron chi connectivity index (χ0n) is 17.6. The Morgan fingerprint density at radius 1 is 0.806 bits per heavy atom. The first-order chi connectivity index (χ1) is 14.9. The smallest absolute Gasteiger partial charge is 0.330 e. The van der Waals surface area contributed by atoms with Crippen LogP contribution in [0.5, 0.6) is 0 Å². The van der Waals surface area contributed by atoms with Gasteiger partial charge in [0.1, 0.15) is 0 Å². The molecule has 2 heterocycles. The van der Waals surface area contributed by atoms with Crippen molar-refractivity contribution < 1.29 is 0 Å². The molecule has 154 valence electrons. The van der Waals surface area contributed by atoms with E-state index in [0.717, 1.165) is 37.8 Å². The quantitative estimate of drug-likeness (QED) is 0.451. The maximum atomic E-state index is 13.3. The Kier molecular flexibility index (Phi) is 4.12. The summed E-state index contributed by atoms with van der Waals surface area (Å²) in [5.74, 6) is 0. The summed E-state index contributed by atoms with van der Waals surface area (Å²) in [4.78, 5) is 25.9. The molecule has 0 bridgehead atoms. The summed E-state index contributed by atoms with van der Waals surface area (Å²) in [5.41, 5.74) is 10.5. The number of rotatable bonds is 2. The fraction of sp³-hybridized carbons (Fsp3) is 0.120. The second-order valence-electron chi connectivity index (χ2n) is 7.85. The molecule has 0 amide bonds. The molecule has 0 spiro atoms. The molecule has 0 aliphatic rings. The molecule has 0 aliphatic carbocycles. The van der Waals surface area contributed by atoms with Gasteiger partial charge >= 0.3 is 5.69 Å². The number of aromatic nitrogens is 3. The SMILES string of the molecule is Cc1ccccc1-c1c2c(=O)n(C)c(=O)n(C)c2cn1-c1cccc2cccc(N)c12. The number of fused-ring (bicyclic) bond motifs is 2. The van der Waals surface area contributed by atoms with Crippen molar-refractivity contribution >= 4 is 27.4 Å². The van der Waals surface area contributed by atoms with Crippen LogP contribution in [0.15, 0.2) is 76.4 Å². The van der Waals surface area contributed by atoms with Crippen LogP contribution in [0.1, 0.15) is 5.56 Å². The lowest BCUT2D eigenvalue weighted by molar-refractivity contribution is 0.714. The fourth-order valence-corrected chi connectivity index (χ4v) is 4.38. The Morgan fingerprint density at radius 3 is 2.26 bits per heavy atom. The topological polar surface area (TPSA) is 75.0 Å². The number of nitrogens with zero attached hydrogens (tertiary/aromatic N) is 3. The number of aryl methyl sites for hydroxylation is 2. The fourth-order valence-electron chi connectivity index (χ4n) is 4.38. The highest BCUT2D eigenvalue weighted by molar-refractivity contribution is 6.02. The molecule has 6 heteroatoms. The Labute approximate surface area is 178 Å². The Morgan fingerprint density at radius 2 is 1.52 bits per heavy atom. The highest BCUT2D eigenvalue weighted by atomic mass is 16.2. The zero-order chi connectivity index (χ0) is 21.9. The second-order valence-corrected chi connectivity index (χ2v) is 7.85. The van der Waals surface area contributed by atoms with Crippen LogP contribution in [-0.4, -0.2) is 13.7 Å². The summed E-state index contributed by atoms with van der Waals surface area (Å²) in [6, 6.07) is 19.7. The van der Waals surface area contributed by atoms with E-state index in [1.165, 1.54) is 11.6 Å². The van der Waals surface area contributed by atoms with Gasteiger partial charge in [0.05, 0.1) is 22.3 Å². The molecule has 0 unspecified atom stereocenters. The van der Waals surface area contributed by atoms with Crippen molar-refractivity contribution in [3.63, 3.8) is 0 Å². The van der Waals surface area contributed by atoms with E-state index in [1.54, 1.807) is 7.05 Å². The molecule has 0 aliphatic heterocycles. The highest BCUT2D eigenvalue weighted by Crippen LogP contribution is 2.36. The van der Waals surface area contributed by atoms with Gasteiger partial charge in [0.25, 0.3) is 5.56 Å². The number of nitrogens with two attached hydrogens (primary N) is 1. The van der Waals surface area contributed by atoms with Gasteiger partial charge in [-0.2, -0.15) is 0 Å². The normalized spacial score (nSPS) is 11.5. The van der Waals surface area contributed by atoms with Crippen LogP contribution in [0, 0.1) is 6.92 Å². The van der Waals surface area contributed by atoms with Crippen LogP contribution in [0.25, 0.3) is 38.6 Å². The highest BCUT2D eigenvalue weighted by Gasteiger charge is 2.22. The molecule has 2 aromatic heterocycles. The second kappa shape index (κ2) is 6.74. The molecule has 6 nitrogen and oxygen atoms in total. The predicted octanol–water partition coefficient (Wildman–Crippen LogP) is 3.74. The molecule has 31 heavy (non-hydrogen) atoms. The molecular formula is C25H22N4O2. The van der Waals surface area contributed by atoms with Crippen molar-refractivity contribution in [3.05, 3.63) is 93.3 Å². The third-order valence-electron chi connectivity index (χ3n) is 6.01. The number of benzene rings is 3. The van der Waals surface area contributed by atoms with Gasteiger partial charge in [-0.3, -0.25) is 13.9 Å². The number of hydrogen-bond donors (Lipinski definition) is 1. The summed E-state index contributed by atoms with van der Waals surface area (Å²) in [5, 5.41) is 2.42. The average Bonchev–Trinajstić information content (AvgIpc) is 3.17. The van der Waals surface area contributed by atoms with Crippen molar-refractivity contribution in [2.24, 2.45) is 14.1 Å². The number of nitrogen functional groups attached to an aromatic ring is 1. The maximum absolute atomic E-state index is 13.3. The van der Waals surface area contributed by atoms with E-state index < -0.39 is 0 Å². The van der Waals surface area contributed by atoms with Gasteiger partial charge in [-0.05, 0) is 30.0 Å². The Balaban J connectivity index is 2.05. The predicted molar refractivity (Wildman–Crippen MR) is 126 cm³/mol. The van der Waals surface area contributed by atoms with Crippen molar-refractivity contribution in [2.75, 3.05) is 5.73 Å². The van der Waals surface area contributed by atoms with Gasteiger partial charge in [0.2, 0.25) is 0 Å². The molecule has 0 saturated heterocycles. The lowest BCUT2D eigenvalue weighted by Gasteiger charge is -2.15. The van der Waals surface area contributed by atoms with Crippen LogP contribution in [0.2, 0.25) is 0 Å². The summed E-state index contributed by atoms with van der Waals surface area (Å²) >= 11 is 0. The number of anilines is 1. The first kappa shape index (κ1) is 18.9. The summed E-state index contributed by atoms with van der Waals surface area (Å²) in [6.45, 7) is 2.02. The maximum Gasteiger partial charge on any atom is 0.330 e. The van der Waals surface area contributed by atoms with Crippen LogP contribution >= 0.6 is 0 Å². The largest absolute Gasteiger partial charge is 0.398 e. The first-order valence-electron chi connectivity index (χ1n) is 10.0. The monoisotopic (exact) mass is 410 g/mol. The van der Waals surface area contributed by atoms with E-state index in [-0.39, 0.29) is 11.2 Å². The van der Waals surface area contributed by atoms with Gasteiger partial charge in [-0.1, -0.05) is 48.5 Å². The molecule has 0 atom stereocenters. The van der Waals surface area contributed by atoms with Gasteiger partial charge in [-0.25, -0.2) is 4.79 Å². The van der Waals surface area contributed by atoms with Crippen molar-refractivity contribution in [2.45, 2.75) is 6.92 Å². The van der Waals surface area contributed by atoms with Crippen LogP contribution in [-0.2, 0) is 14.1 Å². The third kappa shape index (κ3) is 2.65. The molecule has 5 rings (SSSR count). The summed E-state index contributed by atoms with van der Waals surface area (Å²) < 4.78 is 4.67. The molecule has 0 saturated carbocycles. The van der Waals surface area contributed by atoms with Crippen molar-refractivity contribution in [1.29, 1.82) is 0 Å². The standard InChI is InChI=1S/C25H22N4O2/c1-15-8-4-5-11-17(15)23-22-20(27(2)25(31)28(3)24(22)30)14-29(23)19-13-7-10-16-9-6-12-18(26)21(16)19/h4-14H,26H2,1-3H3. The van der Waals surface area contributed by atoms with E-state index in [1.807, 2.05) is 78.4 Å². The molecule has 0 radical (unpaired) electrons. The van der Waals surface area contributed by atoms with E-state index >= 15 is 0 Å². The van der Waals surface area contributed by atoms with E-state index in [9.17, 15) is 9.59 Å². The van der Waals surface area contributed by atoms with Crippen molar-refractivity contribution in [1.82, 2.24) is 13.7 Å². The van der Waals surface area contributed by atoms with Gasteiger partial charge in [0.15, 0.2) is 0 Å². The zero-order valence-corrected chi connectivity index (χ0v) is 17.6. The minimum Gasteiger partial charge on any atom is -0.398 e. The van der Waals surface area contributed by atoms with E-state index in [2.05, 4.69) is 0 Å². The molecule has 0 fully saturated rings. The minimum absolute atomic E-state index is 0.316. The summed E-state index contributed by atoms with van der Waals surface area (Å²) in [7, 11) is 3.20. The molecule has 3 aromatic carbocycles. The lowest BCUT2D eigenvalue weighted by atomic mass is 10.0. The van der Waals surface area contributed by atoms with E-state index in [0.29, 0.717) is 16.6 Å². The van der Waals surface area contributed by atoms with E-state index in [4.69, 9.17) is 5.73 Å². The van der Waals surface area contributed by atoms with Gasteiger partial charge < -0.3 is 10.3 Å². The average molecular weight is 410 g/mol. The summed E-state index contributed by atoms with van der Waals surface area (Å²) in [6.07, 6.45) is 1.86.